The van der Waals surface area contributed by atoms with Crippen LogP contribution in [-0.2, 0) is 13.2 Å². The van der Waals surface area contributed by atoms with Gasteiger partial charge < -0.3 is 15.0 Å². The maximum Gasteiger partial charge on any atom is 0.318 e. The third kappa shape index (κ3) is 5.25. The molecule has 1 aliphatic rings. The Balaban J connectivity index is 1.60. The fourth-order valence-electron chi connectivity index (χ4n) is 2.47. The Morgan fingerprint density at radius 2 is 2.19 bits per heavy atom. The molecular weight excluding hydrogens is 393 g/mol. The molecule has 0 bridgehead atoms. The number of benzene rings is 1. The summed E-state index contributed by atoms with van der Waals surface area (Å²) in [5, 5.41) is 6.84. The summed E-state index contributed by atoms with van der Waals surface area (Å²) < 4.78 is 5.72. The van der Waals surface area contributed by atoms with Gasteiger partial charge in [-0.3, -0.25) is 0 Å². The van der Waals surface area contributed by atoms with Gasteiger partial charge in [-0.2, -0.15) is 0 Å². The minimum absolute atomic E-state index is 0.0287. The molecule has 8 heteroatoms. The van der Waals surface area contributed by atoms with Crippen molar-refractivity contribution >= 4 is 40.6 Å². The van der Waals surface area contributed by atoms with Crippen LogP contribution in [0.1, 0.15) is 37.4 Å². The van der Waals surface area contributed by atoms with Gasteiger partial charge in [0.05, 0.1) is 17.3 Å². The molecule has 140 valence electrons. The van der Waals surface area contributed by atoms with Crippen molar-refractivity contribution in [2.24, 2.45) is 0 Å². The van der Waals surface area contributed by atoms with E-state index in [0.717, 1.165) is 23.5 Å². The lowest BCUT2D eigenvalue weighted by atomic mass is 10.3. The Morgan fingerprint density at radius 3 is 2.88 bits per heavy atom. The summed E-state index contributed by atoms with van der Waals surface area (Å²) in [5.74, 6) is 0.534. The summed E-state index contributed by atoms with van der Waals surface area (Å²) in [7, 11) is 0. The lowest BCUT2D eigenvalue weighted by Gasteiger charge is -2.23. The largest absolute Gasteiger partial charge is 0.485 e. The van der Waals surface area contributed by atoms with Gasteiger partial charge in [0, 0.05) is 28.6 Å². The van der Waals surface area contributed by atoms with Gasteiger partial charge in [-0.25, -0.2) is 9.78 Å². The Bertz CT molecular complexity index is 778. The monoisotopic (exact) mass is 413 g/mol. The fraction of sp³-hybridized carbons (Fsp3) is 0.444. The first kappa shape index (κ1) is 19.3. The minimum Gasteiger partial charge on any atom is -0.485 e. The second-order valence-corrected chi connectivity index (χ2v) is 8.35. The van der Waals surface area contributed by atoms with Crippen molar-refractivity contribution in [2.75, 3.05) is 0 Å². The molecule has 0 unspecified atom stereocenters. The van der Waals surface area contributed by atoms with E-state index < -0.39 is 0 Å². The summed E-state index contributed by atoms with van der Waals surface area (Å²) in [4.78, 5) is 18.8. The van der Waals surface area contributed by atoms with Crippen LogP contribution >= 0.6 is 34.5 Å². The van der Waals surface area contributed by atoms with E-state index in [1.807, 2.05) is 24.1 Å². The minimum atomic E-state index is -0.0287. The molecule has 0 spiro atoms. The van der Waals surface area contributed by atoms with E-state index >= 15 is 0 Å². The van der Waals surface area contributed by atoms with Gasteiger partial charge in [0.1, 0.15) is 17.4 Å². The molecule has 1 N–H and O–H groups in total. The highest BCUT2D eigenvalue weighted by atomic mass is 35.5. The van der Waals surface area contributed by atoms with Crippen LogP contribution in [0.15, 0.2) is 23.6 Å². The molecule has 1 fully saturated rings. The number of nitrogens with one attached hydrogen (secondary N) is 1. The molecule has 0 radical (unpaired) electrons. The van der Waals surface area contributed by atoms with Crippen LogP contribution in [0.3, 0.4) is 0 Å². The zero-order valence-electron chi connectivity index (χ0n) is 14.7. The maximum atomic E-state index is 12.4. The van der Waals surface area contributed by atoms with Gasteiger partial charge in [0.15, 0.2) is 0 Å². The SMILES string of the molecule is CC(C)NC(=O)N(Cc1csc(COc2cc(Cl)ccc2Cl)n1)C1CC1. The number of ether oxygens (including phenoxy) is 1. The van der Waals surface area contributed by atoms with E-state index in [9.17, 15) is 4.79 Å². The number of thiazole rings is 1. The molecular formula is C18H21Cl2N3O2S. The number of nitrogens with zero attached hydrogens (tertiary/aromatic N) is 2. The predicted molar refractivity (Wildman–Crippen MR) is 105 cm³/mol. The van der Waals surface area contributed by atoms with Crippen molar-refractivity contribution in [1.82, 2.24) is 15.2 Å². The van der Waals surface area contributed by atoms with E-state index in [0.29, 0.717) is 35.0 Å². The molecule has 0 atom stereocenters. The second kappa shape index (κ2) is 8.46. The van der Waals surface area contributed by atoms with E-state index in [4.69, 9.17) is 27.9 Å². The van der Waals surface area contributed by atoms with Gasteiger partial charge in [-0.1, -0.05) is 23.2 Å². The number of hydrogen-bond donors (Lipinski definition) is 1. The first-order valence-electron chi connectivity index (χ1n) is 8.50. The van der Waals surface area contributed by atoms with Gasteiger partial charge in [0.2, 0.25) is 0 Å². The standard InChI is InChI=1S/C18H21Cl2N3O2S/c1-11(2)21-18(24)23(14-4-5-14)8-13-10-26-17(22-13)9-25-16-7-12(19)3-6-15(16)20/h3,6-7,10-11,14H,4-5,8-9H2,1-2H3,(H,21,24). The molecule has 26 heavy (non-hydrogen) atoms. The van der Waals surface area contributed by atoms with E-state index in [1.165, 1.54) is 11.3 Å². The van der Waals surface area contributed by atoms with Crippen molar-refractivity contribution in [2.45, 2.75) is 51.9 Å². The van der Waals surface area contributed by atoms with Crippen LogP contribution in [-0.4, -0.2) is 28.0 Å². The number of halogens is 2. The Morgan fingerprint density at radius 1 is 1.42 bits per heavy atom. The maximum absolute atomic E-state index is 12.4. The summed E-state index contributed by atoms with van der Waals surface area (Å²) in [5.41, 5.74) is 0.872. The van der Waals surface area contributed by atoms with Crippen molar-refractivity contribution in [3.05, 3.63) is 44.3 Å². The highest BCUT2D eigenvalue weighted by Crippen LogP contribution is 2.30. The van der Waals surface area contributed by atoms with Crippen LogP contribution in [0.4, 0.5) is 4.79 Å². The van der Waals surface area contributed by atoms with Gasteiger partial charge in [-0.15, -0.1) is 11.3 Å². The topological polar surface area (TPSA) is 54.5 Å². The molecule has 3 rings (SSSR count). The molecule has 0 saturated heterocycles. The highest BCUT2D eigenvalue weighted by molar-refractivity contribution is 7.09. The molecule has 2 aromatic rings. The van der Waals surface area contributed by atoms with Crippen molar-refractivity contribution in [3.63, 3.8) is 0 Å². The average Bonchev–Trinajstić information content (AvgIpc) is 3.32. The molecule has 1 aromatic heterocycles. The number of amides is 2. The normalized spacial score (nSPS) is 13.7. The van der Waals surface area contributed by atoms with Crippen LogP contribution in [0, 0.1) is 0 Å². The van der Waals surface area contributed by atoms with Gasteiger partial charge in [-0.05, 0) is 38.8 Å². The molecule has 1 aromatic carbocycles. The molecule has 1 heterocycles. The number of rotatable bonds is 7. The number of carbonyl (C=O) groups excluding carboxylic acids is 1. The molecule has 1 aliphatic carbocycles. The number of hydrogen-bond acceptors (Lipinski definition) is 4. The third-order valence-corrected chi connectivity index (χ3v) is 5.26. The van der Waals surface area contributed by atoms with Crippen LogP contribution in [0.5, 0.6) is 5.75 Å². The first-order valence-corrected chi connectivity index (χ1v) is 10.1. The van der Waals surface area contributed by atoms with E-state index in [1.54, 1.807) is 18.2 Å². The van der Waals surface area contributed by atoms with Crippen LogP contribution < -0.4 is 10.1 Å². The zero-order valence-corrected chi connectivity index (χ0v) is 17.0. The molecule has 5 nitrogen and oxygen atoms in total. The lowest BCUT2D eigenvalue weighted by molar-refractivity contribution is 0.188. The highest BCUT2D eigenvalue weighted by Gasteiger charge is 2.33. The summed E-state index contributed by atoms with van der Waals surface area (Å²) in [6.45, 7) is 4.74. The van der Waals surface area contributed by atoms with Crippen LogP contribution in [0.25, 0.3) is 0 Å². The lowest BCUT2D eigenvalue weighted by Crippen LogP contribution is -2.43. The van der Waals surface area contributed by atoms with Crippen LogP contribution in [0.2, 0.25) is 10.0 Å². The summed E-state index contributed by atoms with van der Waals surface area (Å²) >= 11 is 13.6. The average molecular weight is 414 g/mol. The summed E-state index contributed by atoms with van der Waals surface area (Å²) in [6.07, 6.45) is 2.11. The van der Waals surface area contributed by atoms with E-state index in [-0.39, 0.29) is 12.1 Å². The van der Waals surface area contributed by atoms with E-state index in [2.05, 4.69) is 10.3 Å². The Hall–Kier alpha value is -1.50. The molecule has 0 aliphatic heterocycles. The first-order chi connectivity index (χ1) is 12.4. The van der Waals surface area contributed by atoms with Crippen molar-refractivity contribution in [3.8, 4) is 5.75 Å². The number of aromatic nitrogens is 1. The number of urea groups is 1. The quantitative estimate of drug-likeness (QED) is 0.685. The van der Waals surface area contributed by atoms with Crippen molar-refractivity contribution < 1.29 is 9.53 Å². The smallest absolute Gasteiger partial charge is 0.318 e. The Labute approximate surface area is 167 Å². The second-order valence-electron chi connectivity index (χ2n) is 6.56. The molecule has 2 amide bonds. The van der Waals surface area contributed by atoms with Gasteiger partial charge >= 0.3 is 6.03 Å². The fourth-order valence-corrected chi connectivity index (χ4v) is 3.50. The zero-order chi connectivity index (χ0) is 18.7. The number of carbonyl (C=O) groups is 1. The van der Waals surface area contributed by atoms with Crippen molar-refractivity contribution in [1.29, 1.82) is 0 Å². The van der Waals surface area contributed by atoms with Gasteiger partial charge in [0.25, 0.3) is 0 Å². The summed E-state index contributed by atoms with van der Waals surface area (Å²) in [6, 6.07) is 5.51. The molecule has 1 saturated carbocycles. The Kier molecular flexibility index (Phi) is 6.27. The third-order valence-electron chi connectivity index (χ3n) is 3.84. The predicted octanol–water partition coefficient (Wildman–Crippen LogP) is 5.11.